The molecule has 3 heterocycles. The van der Waals surface area contributed by atoms with Crippen molar-refractivity contribution in [2.75, 3.05) is 5.32 Å². The molecule has 0 spiro atoms. The molecule has 3 aromatic heterocycles. The van der Waals surface area contributed by atoms with Crippen LogP contribution in [-0.2, 0) is 6.54 Å². The third-order valence-electron chi connectivity index (χ3n) is 5.18. The summed E-state index contributed by atoms with van der Waals surface area (Å²) in [6.45, 7) is 4.54. The first-order chi connectivity index (χ1) is 15.3. The van der Waals surface area contributed by atoms with Crippen molar-refractivity contribution in [3.8, 4) is 11.6 Å². The van der Waals surface area contributed by atoms with Crippen molar-refractivity contribution in [2.24, 2.45) is 5.73 Å². The monoisotopic (exact) mass is 430 g/mol. The van der Waals surface area contributed by atoms with Crippen molar-refractivity contribution in [3.05, 3.63) is 71.7 Å². The number of pyridine rings is 1. The maximum Gasteiger partial charge on any atom is 0.488 e. The van der Waals surface area contributed by atoms with Crippen LogP contribution in [0.1, 0.15) is 41.3 Å². The SMILES string of the molecule is CC(C)c1cnc(-c2ncc3c(C(N)=O)cccn23)nc1NCc1cccc(B(O)O)c1. The van der Waals surface area contributed by atoms with Gasteiger partial charge in [-0.2, -0.15) is 0 Å². The van der Waals surface area contributed by atoms with E-state index in [1.165, 1.54) is 0 Å². The summed E-state index contributed by atoms with van der Waals surface area (Å²) in [6, 6.07) is 10.4. The molecule has 0 saturated heterocycles. The van der Waals surface area contributed by atoms with Crippen LogP contribution in [0.15, 0.2) is 55.0 Å². The zero-order chi connectivity index (χ0) is 22.8. The summed E-state index contributed by atoms with van der Waals surface area (Å²) in [4.78, 5) is 25.4. The second kappa shape index (κ2) is 8.78. The predicted octanol–water partition coefficient (Wildman–Crippen LogP) is 1.31. The smallest absolute Gasteiger partial charge is 0.423 e. The maximum atomic E-state index is 11.7. The first kappa shape index (κ1) is 21.5. The molecule has 9 nitrogen and oxygen atoms in total. The maximum absolute atomic E-state index is 11.7. The molecule has 1 amide bonds. The molecular weight excluding hydrogens is 407 g/mol. The van der Waals surface area contributed by atoms with Gasteiger partial charge in [0.15, 0.2) is 11.6 Å². The molecule has 162 valence electrons. The van der Waals surface area contributed by atoms with E-state index in [1.807, 2.05) is 6.07 Å². The van der Waals surface area contributed by atoms with Gasteiger partial charge in [-0.05, 0) is 29.1 Å². The second-order valence-electron chi connectivity index (χ2n) is 7.75. The fraction of sp³-hybridized carbons (Fsp3) is 0.182. The molecule has 0 saturated carbocycles. The van der Waals surface area contributed by atoms with Gasteiger partial charge in [-0.25, -0.2) is 15.0 Å². The lowest BCUT2D eigenvalue weighted by Gasteiger charge is -2.15. The number of nitrogens with zero attached hydrogens (tertiary/aromatic N) is 4. The molecule has 0 aliphatic heterocycles. The Morgan fingerprint density at radius 2 is 2.00 bits per heavy atom. The van der Waals surface area contributed by atoms with Gasteiger partial charge in [0.1, 0.15) is 5.82 Å². The fourth-order valence-electron chi connectivity index (χ4n) is 3.51. The molecule has 0 unspecified atom stereocenters. The Morgan fingerprint density at radius 1 is 1.19 bits per heavy atom. The van der Waals surface area contributed by atoms with Crippen LogP contribution in [0, 0.1) is 0 Å². The topological polar surface area (TPSA) is 139 Å². The van der Waals surface area contributed by atoms with Crippen LogP contribution in [-0.4, -0.2) is 42.4 Å². The third kappa shape index (κ3) is 4.18. The Bertz CT molecular complexity index is 1290. The number of amides is 1. The summed E-state index contributed by atoms with van der Waals surface area (Å²) in [6.07, 6.45) is 5.12. The second-order valence-corrected chi connectivity index (χ2v) is 7.75. The average Bonchev–Trinajstić information content (AvgIpc) is 3.21. The van der Waals surface area contributed by atoms with Gasteiger partial charge in [-0.3, -0.25) is 9.20 Å². The van der Waals surface area contributed by atoms with E-state index in [2.05, 4.69) is 29.1 Å². The van der Waals surface area contributed by atoms with E-state index in [0.717, 1.165) is 11.1 Å². The molecule has 4 rings (SSSR count). The highest BCUT2D eigenvalue weighted by Crippen LogP contribution is 2.26. The minimum absolute atomic E-state index is 0.177. The van der Waals surface area contributed by atoms with Crippen molar-refractivity contribution in [2.45, 2.75) is 26.3 Å². The summed E-state index contributed by atoms with van der Waals surface area (Å²) in [7, 11) is -1.52. The third-order valence-corrected chi connectivity index (χ3v) is 5.18. The molecule has 0 atom stereocenters. The molecule has 32 heavy (non-hydrogen) atoms. The average molecular weight is 430 g/mol. The van der Waals surface area contributed by atoms with Crippen molar-refractivity contribution >= 4 is 29.8 Å². The van der Waals surface area contributed by atoms with E-state index in [4.69, 9.17) is 10.7 Å². The molecule has 0 radical (unpaired) electrons. The number of aromatic nitrogens is 4. The van der Waals surface area contributed by atoms with E-state index < -0.39 is 13.0 Å². The molecular formula is C22H23BN6O3. The highest BCUT2D eigenvalue weighted by molar-refractivity contribution is 6.58. The number of hydrogen-bond donors (Lipinski definition) is 4. The van der Waals surface area contributed by atoms with Gasteiger partial charge in [-0.1, -0.05) is 38.1 Å². The Labute approximate surface area is 185 Å². The van der Waals surface area contributed by atoms with Crippen molar-refractivity contribution in [1.29, 1.82) is 0 Å². The minimum atomic E-state index is -1.52. The summed E-state index contributed by atoms with van der Waals surface area (Å²) >= 11 is 0. The number of primary amides is 1. The number of fused-ring (bicyclic) bond motifs is 1. The van der Waals surface area contributed by atoms with Crippen molar-refractivity contribution < 1.29 is 14.8 Å². The lowest BCUT2D eigenvalue weighted by molar-refractivity contribution is 0.100. The van der Waals surface area contributed by atoms with Crippen LogP contribution < -0.4 is 16.5 Å². The number of anilines is 1. The van der Waals surface area contributed by atoms with Crippen LogP contribution in [0.4, 0.5) is 5.82 Å². The van der Waals surface area contributed by atoms with Gasteiger partial charge in [-0.15, -0.1) is 0 Å². The van der Waals surface area contributed by atoms with Crippen molar-refractivity contribution in [3.63, 3.8) is 0 Å². The first-order valence-corrected chi connectivity index (χ1v) is 10.2. The lowest BCUT2D eigenvalue weighted by Crippen LogP contribution is -2.30. The Hall–Kier alpha value is -3.76. The zero-order valence-electron chi connectivity index (χ0n) is 17.7. The minimum Gasteiger partial charge on any atom is -0.423 e. The number of benzene rings is 1. The number of nitrogens with two attached hydrogens (primary N) is 1. The summed E-state index contributed by atoms with van der Waals surface area (Å²) in [5, 5.41) is 22.1. The van der Waals surface area contributed by atoms with E-state index >= 15 is 0 Å². The molecule has 10 heteroatoms. The van der Waals surface area contributed by atoms with Crippen LogP contribution >= 0.6 is 0 Å². The first-order valence-electron chi connectivity index (χ1n) is 10.2. The largest absolute Gasteiger partial charge is 0.488 e. The van der Waals surface area contributed by atoms with Crippen molar-refractivity contribution in [1.82, 2.24) is 19.4 Å². The van der Waals surface area contributed by atoms with Crippen LogP contribution in [0.25, 0.3) is 17.2 Å². The normalized spacial score (nSPS) is 11.2. The molecule has 0 aliphatic rings. The van der Waals surface area contributed by atoms with E-state index in [-0.39, 0.29) is 5.92 Å². The Balaban J connectivity index is 1.70. The summed E-state index contributed by atoms with van der Waals surface area (Å²) in [5.41, 5.74) is 8.67. The van der Waals surface area contributed by atoms with Crippen LogP contribution in [0.2, 0.25) is 0 Å². The number of carbonyl (C=O) groups is 1. The Kier molecular flexibility index (Phi) is 5.89. The van der Waals surface area contributed by atoms with Gasteiger partial charge in [0.05, 0.1) is 17.3 Å². The van der Waals surface area contributed by atoms with E-state index in [0.29, 0.717) is 40.6 Å². The zero-order valence-corrected chi connectivity index (χ0v) is 17.7. The highest BCUT2D eigenvalue weighted by atomic mass is 16.4. The quantitative estimate of drug-likeness (QED) is 0.324. The molecule has 0 bridgehead atoms. The number of imidazole rings is 1. The number of carbonyl (C=O) groups excluding carboxylic acids is 1. The van der Waals surface area contributed by atoms with Gasteiger partial charge in [0, 0.05) is 24.5 Å². The molecule has 5 N–H and O–H groups in total. The van der Waals surface area contributed by atoms with Crippen LogP contribution in [0.3, 0.4) is 0 Å². The van der Waals surface area contributed by atoms with Crippen LogP contribution in [0.5, 0.6) is 0 Å². The predicted molar refractivity (Wildman–Crippen MR) is 122 cm³/mol. The van der Waals surface area contributed by atoms with Gasteiger partial charge < -0.3 is 21.1 Å². The Morgan fingerprint density at radius 3 is 2.72 bits per heavy atom. The fourth-order valence-corrected chi connectivity index (χ4v) is 3.51. The summed E-state index contributed by atoms with van der Waals surface area (Å²) < 4.78 is 1.74. The molecule has 4 aromatic rings. The number of nitrogens with one attached hydrogen (secondary N) is 1. The van der Waals surface area contributed by atoms with E-state index in [9.17, 15) is 14.8 Å². The molecule has 0 aliphatic carbocycles. The highest BCUT2D eigenvalue weighted by Gasteiger charge is 2.17. The standard InChI is InChI=1S/C22H23BN6O3/c1-13(2)17-11-26-21(22-27-12-18-16(19(24)30)7-4-8-29(18)22)28-20(17)25-10-14-5-3-6-15(9-14)23(31)32/h3-9,11-13,31-32H,10H2,1-2H3,(H2,24,30)(H,25,26,28). The van der Waals surface area contributed by atoms with E-state index in [1.54, 1.807) is 53.3 Å². The molecule has 1 aromatic carbocycles. The number of rotatable bonds is 7. The number of hydrogen-bond acceptors (Lipinski definition) is 7. The van der Waals surface area contributed by atoms with Gasteiger partial charge >= 0.3 is 7.12 Å². The molecule has 0 fully saturated rings. The lowest BCUT2D eigenvalue weighted by atomic mass is 9.79. The van der Waals surface area contributed by atoms with Gasteiger partial charge in [0.2, 0.25) is 0 Å². The van der Waals surface area contributed by atoms with Gasteiger partial charge in [0.25, 0.3) is 5.91 Å². The summed E-state index contributed by atoms with van der Waals surface area (Å²) in [5.74, 6) is 1.19.